The maximum absolute atomic E-state index is 6.36. The number of imidazole rings is 1. The average Bonchev–Trinajstić information content (AvgIpc) is 3.19. The Morgan fingerprint density at radius 3 is 2.62 bits per heavy atom. The first kappa shape index (κ1) is 22.5. The van der Waals surface area contributed by atoms with E-state index in [0.717, 1.165) is 53.9 Å². The SMILES string of the molecule is CCN1CCSC1=CC=Cc1n(C)c2cc(Cl)c(Cl)cc2[n+]1CCC[N+](C)(C)C. The Kier molecular flexibility index (Phi) is 7.26. The number of thioether (sulfide) groups is 1. The van der Waals surface area contributed by atoms with Crippen LogP contribution in [0.3, 0.4) is 0 Å². The van der Waals surface area contributed by atoms with Crippen molar-refractivity contribution in [2.45, 2.75) is 19.9 Å². The standard InChI is InChI=1S/C22H32Cl2N4S/c1-6-26-12-14-29-22(26)10-7-9-21-25(2)19-15-17(23)18(24)16-20(19)27(21)11-8-13-28(3,4)5/h7,9-10,15-16H,6,8,11-14H2,1-5H3/q+2. The molecule has 0 aliphatic carbocycles. The molecule has 0 N–H and O–H groups in total. The minimum atomic E-state index is 0.594. The van der Waals surface area contributed by atoms with Gasteiger partial charge in [0.1, 0.15) is 0 Å². The fourth-order valence-corrected chi connectivity index (χ4v) is 5.14. The number of hydrogen-bond acceptors (Lipinski definition) is 2. The summed E-state index contributed by atoms with van der Waals surface area (Å²) in [4.78, 5) is 2.42. The fourth-order valence-electron chi connectivity index (χ4n) is 3.72. The van der Waals surface area contributed by atoms with E-state index in [4.69, 9.17) is 23.2 Å². The molecule has 2 heterocycles. The summed E-state index contributed by atoms with van der Waals surface area (Å²) in [5, 5.41) is 2.55. The quantitative estimate of drug-likeness (QED) is 0.440. The van der Waals surface area contributed by atoms with E-state index >= 15 is 0 Å². The van der Waals surface area contributed by atoms with E-state index in [-0.39, 0.29) is 0 Å². The van der Waals surface area contributed by atoms with Crippen molar-refractivity contribution in [3.8, 4) is 0 Å². The Morgan fingerprint density at radius 1 is 1.21 bits per heavy atom. The van der Waals surface area contributed by atoms with Crippen molar-refractivity contribution in [1.29, 1.82) is 0 Å². The molecule has 0 atom stereocenters. The van der Waals surface area contributed by atoms with Gasteiger partial charge >= 0.3 is 0 Å². The summed E-state index contributed by atoms with van der Waals surface area (Å²) in [6, 6.07) is 3.96. The van der Waals surface area contributed by atoms with Gasteiger partial charge in [0, 0.05) is 43.5 Å². The van der Waals surface area contributed by atoms with E-state index in [0.29, 0.717) is 10.0 Å². The molecule has 0 spiro atoms. The molecule has 1 aromatic heterocycles. The molecule has 3 rings (SSSR count). The summed E-state index contributed by atoms with van der Waals surface area (Å²) in [5.74, 6) is 2.33. The molecule has 0 radical (unpaired) electrons. The first-order valence-electron chi connectivity index (χ1n) is 10.1. The zero-order chi connectivity index (χ0) is 21.2. The second-order valence-electron chi connectivity index (χ2n) is 8.48. The number of quaternary nitrogens is 1. The summed E-state index contributed by atoms with van der Waals surface area (Å²) < 4.78 is 5.53. The van der Waals surface area contributed by atoms with Gasteiger partial charge in [-0.05, 0) is 13.0 Å². The van der Waals surface area contributed by atoms with Crippen molar-refractivity contribution < 1.29 is 9.05 Å². The number of halogens is 2. The summed E-state index contributed by atoms with van der Waals surface area (Å²) >= 11 is 14.6. The van der Waals surface area contributed by atoms with Gasteiger partial charge in [-0.3, -0.25) is 0 Å². The molecule has 158 valence electrons. The van der Waals surface area contributed by atoms with Crippen molar-refractivity contribution in [2.75, 3.05) is 46.5 Å². The Labute approximate surface area is 189 Å². The molecule has 4 nitrogen and oxygen atoms in total. The van der Waals surface area contributed by atoms with Gasteiger partial charge in [-0.15, -0.1) is 11.8 Å². The van der Waals surface area contributed by atoms with Gasteiger partial charge in [0.15, 0.2) is 11.0 Å². The summed E-state index contributed by atoms with van der Waals surface area (Å²) in [6.07, 6.45) is 7.70. The molecular weight excluding hydrogens is 423 g/mol. The number of aromatic nitrogens is 2. The molecule has 1 aliphatic heterocycles. The Bertz CT molecular complexity index is 941. The van der Waals surface area contributed by atoms with E-state index in [9.17, 15) is 0 Å². The van der Waals surface area contributed by atoms with E-state index in [2.05, 4.69) is 67.4 Å². The lowest BCUT2D eigenvalue weighted by Gasteiger charge is -2.23. The second-order valence-corrected chi connectivity index (χ2v) is 10.4. The molecule has 1 aromatic carbocycles. The minimum Gasteiger partial charge on any atom is -0.366 e. The molecule has 0 saturated carbocycles. The molecule has 0 amide bonds. The van der Waals surface area contributed by atoms with E-state index in [1.165, 1.54) is 10.8 Å². The molecule has 0 bridgehead atoms. The van der Waals surface area contributed by atoms with E-state index < -0.39 is 0 Å². The van der Waals surface area contributed by atoms with Crippen molar-refractivity contribution in [3.05, 3.63) is 45.2 Å². The van der Waals surface area contributed by atoms with Crippen LogP contribution in [0.2, 0.25) is 10.0 Å². The van der Waals surface area contributed by atoms with Crippen molar-refractivity contribution in [3.63, 3.8) is 0 Å². The monoisotopic (exact) mass is 454 g/mol. The third-order valence-electron chi connectivity index (χ3n) is 5.29. The summed E-state index contributed by atoms with van der Waals surface area (Å²) in [6.45, 7) is 6.46. The number of hydrogen-bond donors (Lipinski definition) is 0. The number of rotatable bonds is 7. The van der Waals surface area contributed by atoms with Gasteiger partial charge in [0.25, 0.3) is 5.82 Å². The Morgan fingerprint density at radius 2 is 1.93 bits per heavy atom. The smallest absolute Gasteiger partial charge is 0.282 e. The molecule has 2 aromatic rings. The molecule has 7 heteroatoms. The normalized spacial score (nSPS) is 16.8. The topological polar surface area (TPSA) is 12.1 Å². The van der Waals surface area contributed by atoms with Gasteiger partial charge in [-0.1, -0.05) is 29.3 Å². The number of aryl methyl sites for hydroxylation is 2. The van der Waals surface area contributed by atoms with Gasteiger partial charge in [0.2, 0.25) is 0 Å². The number of fused-ring (bicyclic) bond motifs is 1. The summed E-state index contributed by atoms with van der Waals surface area (Å²) in [5.41, 5.74) is 2.23. The highest BCUT2D eigenvalue weighted by atomic mass is 35.5. The summed E-state index contributed by atoms with van der Waals surface area (Å²) in [7, 11) is 8.79. The largest absolute Gasteiger partial charge is 0.366 e. The predicted molar refractivity (Wildman–Crippen MR) is 127 cm³/mol. The Balaban J connectivity index is 1.97. The van der Waals surface area contributed by atoms with Crippen molar-refractivity contribution >= 4 is 52.1 Å². The highest BCUT2D eigenvalue weighted by molar-refractivity contribution is 8.03. The fraction of sp³-hybridized carbons (Fsp3) is 0.500. The predicted octanol–water partition coefficient (Wildman–Crippen LogP) is 4.79. The van der Waals surface area contributed by atoms with Crippen molar-refractivity contribution in [1.82, 2.24) is 9.47 Å². The van der Waals surface area contributed by atoms with Crippen LogP contribution in [0, 0.1) is 0 Å². The highest BCUT2D eigenvalue weighted by Crippen LogP contribution is 2.29. The van der Waals surface area contributed by atoms with Crippen LogP contribution >= 0.6 is 35.0 Å². The van der Waals surface area contributed by atoms with E-state index in [1.54, 1.807) is 0 Å². The van der Waals surface area contributed by atoms with Crippen LogP contribution in [-0.2, 0) is 13.6 Å². The van der Waals surface area contributed by atoms with Crippen LogP contribution in [0.5, 0.6) is 0 Å². The lowest BCUT2D eigenvalue weighted by Crippen LogP contribution is -2.41. The van der Waals surface area contributed by atoms with Gasteiger partial charge in [-0.25, -0.2) is 9.13 Å². The van der Waals surface area contributed by atoms with Gasteiger partial charge < -0.3 is 9.38 Å². The molecule has 29 heavy (non-hydrogen) atoms. The third kappa shape index (κ3) is 5.32. The average molecular weight is 455 g/mol. The maximum atomic E-state index is 6.36. The number of nitrogens with zero attached hydrogens (tertiary/aromatic N) is 4. The number of benzene rings is 1. The van der Waals surface area contributed by atoms with Crippen LogP contribution in [0.4, 0.5) is 0 Å². The first-order chi connectivity index (χ1) is 13.7. The first-order valence-corrected chi connectivity index (χ1v) is 11.9. The maximum Gasteiger partial charge on any atom is 0.282 e. The molecule has 1 saturated heterocycles. The van der Waals surface area contributed by atoms with Gasteiger partial charge in [0.05, 0.1) is 56.4 Å². The van der Waals surface area contributed by atoms with Crippen LogP contribution in [0.15, 0.2) is 29.3 Å². The van der Waals surface area contributed by atoms with Crippen LogP contribution < -0.4 is 4.57 Å². The minimum absolute atomic E-state index is 0.594. The zero-order valence-corrected chi connectivity index (χ0v) is 20.4. The Hall–Kier alpha value is -1.14. The van der Waals surface area contributed by atoms with Crippen molar-refractivity contribution in [2.24, 2.45) is 7.05 Å². The molecule has 1 fully saturated rings. The van der Waals surface area contributed by atoms with Crippen LogP contribution in [0.25, 0.3) is 17.1 Å². The highest BCUT2D eigenvalue weighted by Gasteiger charge is 2.23. The second kappa shape index (κ2) is 9.34. The molecule has 0 unspecified atom stereocenters. The van der Waals surface area contributed by atoms with E-state index in [1.807, 2.05) is 23.9 Å². The molecular formula is C22H32Cl2N4S+2. The number of allylic oxidation sites excluding steroid dienone is 2. The zero-order valence-electron chi connectivity index (χ0n) is 18.1. The van der Waals surface area contributed by atoms with Gasteiger partial charge in [-0.2, -0.15) is 0 Å². The molecule has 1 aliphatic rings. The van der Waals surface area contributed by atoms with Crippen LogP contribution in [0.1, 0.15) is 19.2 Å². The lowest BCUT2D eigenvalue weighted by molar-refractivity contribution is -0.873. The van der Waals surface area contributed by atoms with Crippen LogP contribution in [-0.4, -0.2) is 60.5 Å². The third-order valence-corrected chi connectivity index (χ3v) is 7.09. The lowest BCUT2D eigenvalue weighted by atomic mass is 10.3.